The van der Waals surface area contributed by atoms with Gasteiger partial charge in [0.15, 0.2) is 0 Å². The SMILES string of the molecule is CCN(CC)[P+](C)(c1ccccc1)c1ccccc1. The Morgan fingerprint density at radius 2 is 1.11 bits per heavy atom. The Bertz CT molecular complexity index is 452. The van der Waals surface area contributed by atoms with Crippen LogP contribution < -0.4 is 10.6 Å². The van der Waals surface area contributed by atoms with Gasteiger partial charge >= 0.3 is 0 Å². The molecule has 0 unspecified atom stereocenters. The molecule has 0 N–H and O–H groups in total. The molecule has 0 aliphatic heterocycles. The molecule has 0 saturated carbocycles. The molecule has 0 spiro atoms. The Morgan fingerprint density at radius 1 is 0.737 bits per heavy atom. The van der Waals surface area contributed by atoms with Crippen molar-refractivity contribution in [3.8, 4) is 0 Å². The molecule has 0 heterocycles. The van der Waals surface area contributed by atoms with E-state index in [1.165, 1.54) is 10.6 Å². The summed E-state index contributed by atoms with van der Waals surface area (Å²) in [6.07, 6.45) is 0. The second-order valence-corrected chi connectivity index (χ2v) is 8.29. The average molecular weight is 272 g/mol. The van der Waals surface area contributed by atoms with E-state index in [0.717, 1.165) is 13.1 Å². The van der Waals surface area contributed by atoms with Gasteiger partial charge < -0.3 is 0 Å². The van der Waals surface area contributed by atoms with Crippen LogP contribution in [0.25, 0.3) is 0 Å². The van der Waals surface area contributed by atoms with Gasteiger partial charge in [-0.1, -0.05) is 36.4 Å². The number of hydrogen-bond acceptors (Lipinski definition) is 1. The van der Waals surface area contributed by atoms with E-state index in [1.807, 2.05) is 0 Å². The summed E-state index contributed by atoms with van der Waals surface area (Å²) in [6.45, 7) is 9.13. The molecule has 0 bridgehead atoms. The second kappa shape index (κ2) is 6.32. The molecule has 100 valence electrons. The Hall–Kier alpha value is -1.17. The molecular formula is C17H23NP+. The summed E-state index contributed by atoms with van der Waals surface area (Å²) < 4.78 is 2.62. The van der Waals surface area contributed by atoms with Gasteiger partial charge in [-0.25, -0.2) is 0 Å². The first-order valence-electron chi connectivity index (χ1n) is 6.96. The lowest BCUT2D eigenvalue weighted by atomic mass is 10.4. The van der Waals surface area contributed by atoms with E-state index in [0.29, 0.717) is 0 Å². The van der Waals surface area contributed by atoms with Crippen molar-refractivity contribution in [3.05, 3.63) is 60.7 Å². The van der Waals surface area contributed by atoms with Crippen LogP contribution >= 0.6 is 7.41 Å². The van der Waals surface area contributed by atoms with Gasteiger partial charge in [0.25, 0.3) is 0 Å². The summed E-state index contributed by atoms with van der Waals surface area (Å²) in [5.74, 6) is 0. The lowest BCUT2D eigenvalue weighted by molar-refractivity contribution is 0.506. The van der Waals surface area contributed by atoms with Gasteiger partial charge in [0.2, 0.25) is 0 Å². The molecule has 1 nitrogen and oxygen atoms in total. The zero-order valence-electron chi connectivity index (χ0n) is 12.1. The highest BCUT2D eigenvalue weighted by Crippen LogP contribution is 2.55. The average Bonchev–Trinajstić information content (AvgIpc) is 2.50. The third kappa shape index (κ3) is 2.73. The molecule has 2 rings (SSSR count). The molecule has 2 aromatic rings. The normalized spacial score (nSPS) is 11.8. The van der Waals surface area contributed by atoms with Crippen molar-refractivity contribution in [2.24, 2.45) is 0 Å². The van der Waals surface area contributed by atoms with E-state index in [-0.39, 0.29) is 0 Å². The fourth-order valence-corrected chi connectivity index (χ4v) is 6.29. The van der Waals surface area contributed by atoms with Crippen LogP contribution in [0, 0.1) is 0 Å². The van der Waals surface area contributed by atoms with Crippen LogP contribution in [0.1, 0.15) is 13.8 Å². The lowest BCUT2D eigenvalue weighted by Gasteiger charge is -2.32. The van der Waals surface area contributed by atoms with Crippen LogP contribution in [0.2, 0.25) is 0 Å². The summed E-state index contributed by atoms with van der Waals surface area (Å²) >= 11 is 0. The third-order valence-corrected chi connectivity index (χ3v) is 8.12. The number of rotatable bonds is 5. The fourth-order valence-electron chi connectivity index (χ4n) is 2.70. The molecule has 0 saturated heterocycles. The predicted molar refractivity (Wildman–Crippen MR) is 87.9 cm³/mol. The summed E-state index contributed by atoms with van der Waals surface area (Å²) in [4.78, 5) is 0. The summed E-state index contributed by atoms with van der Waals surface area (Å²) in [6, 6.07) is 21.9. The van der Waals surface area contributed by atoms with Gasteiger partial charge in [0.05, 0.1) is 6.66 Å². The fraction of sp³-hybridized carbons (Fsp3) is 0.294. The van der Waals surface area contributed by atoms with Crippen molar-refractivity contribution in [2.75, 3.05) is 19.8 Å². The smallest absolute Gasteiger partial charge is 0.145 e. The molecule has 0 fully saturated rings. The van der Waals surface area contributed by atoms with Crippen molar-refractivity contribution < 1.29 is 0 Å². The first-order chi connectivity index (χ1) is 9.23. The van der Waals surface area contributed by atoms with E-state index in [4.69, 9.17) is 0 Å². The van der Waals surface area contributed by atoms with Crippen LogP contribution in [0.4, 0.5) is 0 Å². The van der Waals surface area contributed by atoms with E-state index in [1.54, 1.807) is 0 Å². The summed E-state index contributed by atoms with van der Waals surface area (Å²) in [7, 11) is -1.45. The zero-order chi connectivity index (χ0) is 13.7. The largest absolute Gasteiger partial charge is 0.171 e. The Labute approximate surface area is 117 Å². The van der Waals surface area contributed by atoms with Crippen LogP contribution in [-0.4, -0.2) is 24.4 Å². The molecule has 0 aliphatic rings. The highest BCUT2D eigenvalue weighted by molar-refractivity contribution is 7.86. The quantitative estimate of drug-likeness (QED) is 0.752. The van der Waals surface area contributed by atoms with Gasteiger partial charge in [-0.2, -0.15) is 4.67 Å². The topological polar surface area (TPSA) is 3.24 Å². The Balaban J connectivity index is 2.57. The zero-order valence-corrected chi connectivity index (χ0v) is 13.0. The molecule has 0 aliphatic carbocycles. The van der Waals surface area contributed by atoms with Gasteiger partial charge in [-0.15, -0.1) is 0 Å². The first-order valence-corrected chi connectivity index (χ1v) is 9.15. The third-order valence-electron chi connectivity index (χ3n) is 3.81. The van der Waals surface area contributed by atoms with Gasteiger partial charge in [-0.3, -0.25) is 0 Å². The molecular weight excluding hydrogens is 249 g/mol. The Morgan fingerprint density at radius 3 is 1.42 bits per heavy atom. The molecule has 0 atom stereocenters. The molecule has 0 amide bonds. The van der Waals surface area contributed by atoms with Crippen molar-refractivity contribution in [3.63, 3.8) is 0 Å². The van der Waals surface area contributed by atoms with Crippen molar-refractivity contribution in [2.45, 2.75) is 13.8 Å². The van der Waals surface area contributed by atoms with Crippen molar-refractivity contribution in [1.82, 2.24) is 4.67 Å². The standard InChI is InChI=1S/C17H23NP/c1-4-18(5-2)19(3,16-12-8-6-9-13-16)17-14-10-7-11-15-17/h6-15H,4-5H2,1-3H3/q+1. The highest BCUT2D eigenvalue weighted by atomic mass is 31.2. The minimum Gasteiger partial charge on any atom is -0.171 e. The van der Waals surface area contributed by atoms with Gasteiger partial charge in [0, 0.05) is 13.1 Å². The second-order valence-electron chi connectivity index (χ2n) is 4.77. The summed E-state index contributed by atoms with van der Waals surface area (Å²) in [5.41, 5.74) is 0. The van der Waals surface area contributed by atoms with Crippen LogP contribution in [0.3, 0.4) is 0 Å². The maximum atomic E-state index is 2.62. The predicted octanol–water partition coefficient (Wildman–Crippen LogP) is 3.54. The van der Waals surface area contributed by atoms with Gasteiger partial charge in [-0.05, 0) is 38.1 Å². The first kappa shape index (κ1) is 14.2. The van der Waals surface area contributed by atoms with E-state index in [9.17, 15) is 0 Å². The van der Waals surface area contributed by atoms with Crippen LogP contribution in [0.15, 0.2) is 60.7 Å². The van der Waals surface area contributed by atoms with E-state index >= 15 is 0 Å². The molecule has 19 heavy (non-hydrogen) atoms. The number of nitrogens with zero attached hydrogens (tertiary/aromatic N) is 1. The van der Waals surface area contributed by atoms with Crippen LogP contribution in [0.5, 0.6) is 0 Å². The van der Waals surface area contributed by atoms with E-state index < -0.39 is 7.41 Å². The lowest BCUT2D eigenvalue weighted by Crippen LogP contribution is -2.36. The van der Waals surface area contributed by atoms with Gasteiger partial charge in [0.1, 0.15) is 18.0 Å². The highest BCUT2D eigenvalue weighted by Gasteiger charge is 2.42. The number of benzene rings is 2. The maximum absolute atomic E-state index is 2.62. The molecule has 0 radical (unpaired) electrons. The molecule has 2 aromatic carbocycles. The minimum absolute atomic E-state index is 1.09. The minimum atomic E-state index is -1.45. The molecule has 0 aromatic heterocycles. The van der Waals surface area contributed by atoms with Crippen molar-refractivity contribution in [1.29, 1.82) is 0 Å². The number of hydrogen-bond donors (Lipinski definition) is 0. The van der Waals surface area contributed by atoms with E-state index in [2.05, 4.69) is 85.8 Å². The summed E-state index contributed by atoms with van der Waals surface area (Å²) in [5, 5.41) is 2.93. The maximum Gasteiger partial charge on any atom is 0.145 e. The van der Waals surface area contributed by atoms with Crippen molar-refractivity contribution >= 4 is 18.0 Å². The Kier molecular flexibility index (Phi) is 4.74. The molecule has 2 heteroatoms. The monoisotopic (exact) mass is 272 g/mol. The van der Waals surface area contributed by atoms with Crippen LogP contribution in [-0.2, 0) is 0 Å².